The van der Waals surface area contributed by atoms with Crippen molar-refractivity contribution in [1.29, 1.82) is 0 Å². The van der Waals surface area contributed by atoms with Crippen molar-refractivity contribution in [2.45, 2.75) is 38.3 Å². The molecule has 0 spiro atoms. The van der Waals surface area contributed by atoms with Crippen LogP contribution in [0.15, 0.2) is 35.3 Å². The second-order valence-corrected chi connectivity index (χ2v) is 4.10. The molecule has 80 valence electrons. The molecule has 1 saturated carbocycles. The SMILES string of the molecule is OC1CCC(=NCc2ccccc2)CC1. The summed E-state index contributed by atoms with van der Waals surface area (Å²) in [4.78, 5) is 4.59. The third-order valence-electron chi connectivity index (χ3n) is 2.86. The first-order valence-corrected chi connectivity index (χ1v) is 5.59. The van der Waals surface area contributed by atoms with Crippen LogP contribution in [0.4, 0.5) is 0 Å². The van der Waals surface area contributed by atoms with Gasteiger partial charge >= 0.3 is 0 Å². The zero-order valence-corrected chi connectivity index (χ0v) is 8.89. The Kier molecular flexibility index (Phi) is 3.51. The van der Waals surface area contributed by atoms with E-state index < -0.39 is 0 Å². The number of rotatable bonds is 2. The van der Waals surface area contributed by atoms with Crippen molar-refractivity contribution in [2.24, 2.45) is 4.99 Å². The smallest absolute Gasteiger partial charge is 0.0639 e. The molecule has 0 aliphatic heterocycles. The number of hydrogen-bond acceptors (Lipinski definition) is 2. The molecule has 0 aromatic heterocycles. The maximum Gasteiger partial charge on any atom is 0.0639 e. The molecule has 0 atom stereocenters. The molecular weight excluding hydrogens is 186 g/mol. The van der Waals surface area contributed by atoms with E-state index in [2.05, 4.69) is 17.1 Å². The number of benzene rings is 1. The molecule has 0 amide bonds. The fourth-order valence-electron chi connectivity index (χ4n) is 1.88. The van der Waals surface area contributed by atoms with Gasteiger partial charge < -0.3 is 5.11 Å². The summed E-state index contributed by atoms with van der Waals surface area (Å²) in [6.45, 7) is 0.784. The monoisotopic (exact) mass is 203 g/mol. The lowest BCUT2D eigenvalue weighted by atomic mass is 9.96. The molecule has 0 bridgehead atoms. The predicted molar refractivity (Wildman–Crippen MR) is 62.1 cm³/mol. The van der Waals surface area contributed by atoms with Crippen molar-refractivity contribution in [3.05, 3.63) is 35.9 Å². The van der Waals surface area contributed by atoms with Crippen LogP contribution >= 0.6 is 0 Å². The molecule has 2 rings (SSSR count). The number of aliphatic hydroxyl groups is 1. The van der Waals surface area contributed by atoms with Crippen LogP contribution < -0.4 is 0 Å². The van der Waals surface area contributed by atoms with Crippen LogP contribution in [0.2, 0.25) is 0 Å². The molecule has 1 aliphatic carbocycles. The first-order chi connectivity index (χ1) is 7.34. The Morgan fingerprint density at radius 2 is 1.80 bits per heavy atom. The molecule has 1 aromatic carbocycles. The molecule has 15 heavy (non-hydrogen) atoms. The molecule has 0 radical (unpaired) electrons. The van der Waals surface area contributed by atoms with Gasteiger partial charge in [0.1, 0.15) is 0 Å². The number of hydrogen-bond donors (Lipinski definition) is 1. The van der Waals surface area contributed by atoms with Crippen LogP contribution in [0, 0.1) is 0 Å². The van der Waals surface area contributed by atoms with Crippen molar-refractivity contribution in [3.63, 3.8) is 0 Å². The standard InChI is InChI=1S/C13H17NO/c15-13-8-6-12(7-9-13)14-10-11-4-2-1-3-5-11/h1-5,13,15H,6-10H2. The van der Waals surface area contributed by atoms with E-state index in [-0.39, 0.29) is 6.10 Å². The Hall–Kier alpha value is -1.15. The van der Waals surface area contributed by atoms with E-state index in [1.807, 2.05) is 18.2 Å². The zero-order chi connectivity index (χ0) is 10.5. The summed E-state index contributed by atoms with van der Waals surface area (Å²) >= 11 is 0. The minimum atomic E-state index is -0.0966. The molecule has 2 heteroatoms. The highest BCUT2D eigenvalue weighted by molar-refractivity contribution is 5.85. The molecular formula is C13H17NO. The fourth-order valence-corrected chi connectivity index (χ4v) is 1.88. The number of aliphatic imine (C=N–C) groups is 1. The average Bonchev–Trinajstić information content (AvgIpc) is 2.30. The van der Waals surface area contributed by atoms with E-state index in [9.17, 15) is 5.11 Å². The average molecular weight is 203 g/mol. The second-order valence-electron chi connectivity index (χ2n) is 4.10. The van der Waals surface area contributed by atoms with E-state index in [0.29, 0.717) is 0 Å². The van der Waals surface area contributed by atoms with E-state index in [1.165, 1.54) is 11.3 Å². The molecule has 0 saturated heterocycles. The summed E-state index contributed by atoms with van der Waals surface area (Å²) in [7, 11) is 0. The van der Waals surface area contributed by atoms with E-state index in [1.54, 1.807) is 0 Å². The lowest BCUT2D eigenvalue weighted by molar-refractivity contribution is 0.152. The van der Waals surface area contributed by atoms with Crippen LogP contribution in [-0.2, 0) is 6.54 Å². The van der Waals surface area contributed by atoms with Crippen LogP contribution in [-0.4, -0.2) is 16.9 Å². The summed E-state index contributed by atoms with van der Waals surface area (Å²) < 4.78 is 0. The maximum absolute atomic E-state index is 9.36. The van der Waals surface area contributed by atoms with Gasteiger partial charge in [-0.25, -0.2) is 0 Å². The van der Waals surface area contributed by atoms with E-state index in [0.717, 1.165) is 32.2 Å². The second kappa shape index (κ2) is 5.08. The molecule has 1 fully saturated rings. The van der Waals surface area contributed by atoms with E-state index >= 15 is 0 Å². The van der Waals surface area contributed by atoms with Crippen molar-refractivity contribution < 1.29 is 5.11 Å². The summed E-state index contributed by atoms with van der Waals surface area (Å²) in [5.41, 5.74) is 2.53. The van der Waals surface area contributed by atoms with Gasteiger partial charge in [0.2, 0.25) is 0 Å². The van der Waals surface area contributed by atoms with Crippen molar-refractivity contribution in [1.82, 2.24) is 0 Å². The van der Waals surface area contributed by atoms with Gasteiger partial charge in [0, 0.05) is 5.71 Å². The molecule has 1 N–H and O–H groups in total. The van der Waals surface area contributed by atoms with Gasteiger partial charge in [-0.3, -0.25) is 4.99 Å². The van der Waals surface area contributed by atoms with Crippen molar-refractivity contribution in [3.8, 4) is 0 Å². The molecule has 1 aromatic rings. The third-order valence-corrected chi connectivity index (χ3v) is 2.86. The van der Waals surface area contributed by atoms with Gasteiger partial charge in [0.05, 0.1) is 12.6 Å². The van der Waals surface area contributed by atoms with Gasteiger partial charge in [-0.2, -0.15) is 0 Å². The Balaban J connectivity index is 1.89. The van der Waals surface area contributed by atoms with Crippen molar-refractivity contribution in [2.75, 3.05) is 0 Å². The Bertz CT molecular complexity index is 322. The lowest BCUT2D eigenvalue weighted by Gasteiger charge is -2.18. The minimum Gasteiger partial charge on any atom is -0.393 e. The van der Waals surface area contributed by atoms with Gasteiger partial charge in [-0.05, 0) is 31.2 Å². The highest BCUT2D eigenvalue weighted by Gasteiger charge is 2.14. The highest BCUT2D eigenvalue weighted by Crippen LogP contribution is 2.16. The fraction of sp³-hybridized carbons (Fsp3) is 0.462. The Labute approximate surface area is 90.7 Å². The van der Waals surface area contributed by atoms with Crippen molar-refractivity contribution >= 4 is 5.71 Å². The molecule has 1 aliphatic rings. The first kappa shape index (κ1) is 10.4. The predicted octanol–water partition coefficient (Wildman–Crippen LogP) is 2.56. The van der Waals surface area contributed by atoms with E-state index in [4.69, 9.17) is 0 Å². The zero-order valence-electron chi connectivity index (χ0n) is 8.89. The highest BCUT2D eigenvalue weighted by atomic mass is 16.3. The number of nitrogens with zero attached hydrogens (tertiary/aromatic N) is 1. The largest absolute Gasteiger partial charge is 0.393 e. The van der Waals surface area contributed by atoms with Crippen LogP contribution in [0.5, 0.6) is 0 Å². The number of aliphatic hydroxyl groups excluding tert-OH is 1. The summed E-state index contributed by atoms with van der Waals surface area (Å²) in [6, 6.07) is 10.3. The van der Waals surface area contributed by atoms with Gasteiger partial charge in [-0.1, -0.05) is 30.3 Å². The summed E-state index contributed by atoms with van der Waals surface area (Å²) in [5, 5.41) is 9.36. The molecule has 0 heterocycles. The quantitative estimate of drug-likeness (QED) is 0.787. The summed E-state index contributed by atoms with van der Waals surface area (Å²) in [5.74, 6) is 0. The topological polar surface area (TPSA) is 32.6 Å². The van der Waals surface area contributed by atoms with Gasteiger partial charge in [0.25, 0.3) is 0 Å². The van der Waals surface area contributed by atoms with Gasteiger partial charge in [0.15, 0.2) is 0 Å². The van der Waals surface area contributed by atoms with Crippen LogP contribution in [0.1, 0.15) is 31.2 Å². The molecule has 2 nitrogen and oxygen atoms in total. The Morgan fingerprint density at radius 1 is 1.13 bits per heavy atom. The summed E-state index contributed by atoms with van der Waals surface area (Å²) in [6.07, 6.45) is 3.60. The molecule has 0 unspecified atom stereocenters. The maximum atomic E-state index is 9.36. The first-order valence-electron chi connectivity index (χ1n) is 5.59. The third kappa shape index (κ3) is 3.17. The minimum absolute atomic E-state index is 0.0966. The Morgan fingerprint density at radius 3 is 2.47 bits per heavy atom. The van der Waals surface area contributed by atoms with Crippen LogP contribution in [0.25, 0.3) is 0 Å². The van der Waals surface area contributed by atoms with Crippen LogP contribution in [0.3, 0.4) is 0 Å². The van der Waals surface area contributed by atoms with Gasteiger partial charge in [-0.15, -0.1) is 0 Å². The lowest BCUT2D eigenvalue weighted by Crippen LogP contribution is -2.17. The normalized spacial score (nSPS) is 21.4.